The van der Waals surface area contributed by atoms with E-state index in [0.717, 1.165) is 44.0 Å². The van der Waals surface area contributed by atoms with E-state index in [4.69, 9.17) is 0 Å². The average molecular weight is 394 g/mol. The first-order valence-corrected chi connectivity index (χ1v) is 10.4. The maximum Gasteiger partial charge on any atom is 0.251 e. The van der Waals surface area contributed by atoms with Crippen molar-refractivity contribution in [3.63, 3.8) is 0 Å². The molecule has 29 heavy (non-hydrogen) atoms. The average Bonchev–Trinajstić information content (AvgIpc) is 2.74. The third-order valence-electron chi connectivity index (χ3n) is 5.69. The predicted octanol–water partition coefficient (Wildman–Crippen LogP) is 3.64. The Morgan fingerprint density at radius 1 is 1.00 bits per heavy atom. The summed E-state index contributed by atoms with van der Waals surface area (Å²) in [4.78, 5) is 26.1. The number of carbonyl (C=O) groups excluding carboxylic acids is 2. The third-order valence-corrected chi connectivity index (χ3v) is 5.69. The number of aryl methyl sites for hydroxylation is 2. The molecule has 3 rings (SSSR count). The molecule has 154 valence electrons. The van der Waals surface area contributed by atoms with Gasteiger partial charge >= 0.3 is 0 Å². The topological polar surface area (TPSA) is 61.4 Å². The van der Waals surface area contributed by atoms with Gasteiger partial charge in [-0.15, -0.1) is 0 Å². The molecule has 1 heterocycles. The lowest BCUT2D eigenvalue weighted by Gasteiger charge is -2.31. The molecule has 1 aliphatic rings. The Balaban J connectivity index is 1.38. The Bertz CT molecular complexity index is 807. The predicted molar refractivity (Wildman–Crippen MR) is 117 cm³/mol. The van der Waals surface area contributed by atoms with Gasteiger partial charge in [-0.3, -0.25) is 14.5 Å². The number of nitrogens with zero attached hydrogens (tertiary/aromatic N) is 1. The number of carbonyl (C=O) groups is 2. The molecule has 5 heteroatoms. The van der Waals surface area contributed by atoms with Crippen molar-refractivity contribution < 1.29 is 9.59 Å². The Morgan fingerprint density at radius 3 is 2.28 bits per heavy atom. The van der Waals surface area contributed by atoms with Gasteiger partial charge < -0.3 is 10.6 Å². The number of likely N-dealkylation sites (tertiary alicyclic amines) is 1. The Kier molecular flexibility index (Phi) is 7.42. The van der Waals surface area contributed by atoms with Gasteiger partial charge in [0.1, 0.15) is 0 Å². The van der Waals surface area contributed by atoms with Crippen LogP contribution < -0.4 is 10.6 Å². The molecule has 1 saturated heterocycles. The van der Waals surface area contributed by atoms with E-state index in [1.807, 2.05) is 0 Å². The lowest BCUT2D eigenvalue weighted by molar-refractivity contribution is -0.117. The molecule has 0 unspecified atom stereocenters. The molecule has 0 saturated carbocycles. The zero-order chi connectivity index (χ0) is 20.6. The monoisotopic (exact) mass is 393 g/mol. The molecular weight excluding hydrogens is 362 g/mol. The SMILES string of the molecule is CNC(=O)c1ccc(NC(=O)CN2CCC(CCc3ccc(C)cc3)CC2)cc1. The molecule has 0 aromatic heterocycles. The summed E-state index contributed by atoms with van der Waals surface area (Å²) in [5.41, 5.74) is 4.02. The highest BCUT2D eigenvalue weighted by atomic mass is 16.2. The molecule has 5 nitrogen and oxygen atoms in total. The molecule has 2 aromatic carbocycles. The summed E-state index contributed by atoms with van der Waals surface area (Å²) in [7, 11) is 1.60. The van der Waals surface area contributed by atoms with Crippen molar-refractivity contribution in [1.82, 2.24) is 10.2 Å². The Labute approximate surface area is 173 Å². The van der Waals surface area contributed by atoms with Crippen LogP contribution in [0.2, 0.25) is 0 Å². The van der Waals surface area contributed by atoms with Crippen LogP contribution in [0.4, 0.5) is 5.69 Å². The van der Waals surface area contributed by atoms with Gasteiger partial charge in [0.25, 0.3) is 5.91 Å². The van der Waals surface area contributed by atoms with Crippen molar-refractivity contribution in [3.8, 4) is 0 Å². The first-order chi connectivity index (χ1) is 14.0. The van der Waals surface area contributed by atoms with Crippen LogP contribution in [0.1, 0.15) is 40.7 Å². The second kappa shape index (κ2) is 10.2. The van der Waals surface area contributed by atoms with E-state index in [9.17, 15) is 9.59 Å². The van der Waals surface area contributed by atoms with Gasteiger partial charge in [-0.25, -0.2) is 0 Å². The van der Waals surface area contributed by atoms with E-state index in [0.29, 0.717) is 12.1 Å². The van der Waals surface area contributed by atoms with Crippen molar-refractivity contribution in [1.29, 1.82) is 0 Å². The van der Waals surface area contributed by atoms with E-state index in [-0.39, 0.29) is 11.8 Å². The highest BCUT2D eigenvalue weighted by molar-refractivity contribution is 5.96. The summed E-state index contributed by atoms with van der Waals surface area (Å²) < 4.78 is 0. The molecule has 1 aliphatic heterocycles. The fourth-order valence-corrected chi connectivity index (χ4v) is 3.81. The summed E-state index contributed by atoms with van der Waals surface area (Å²) >= 11 is 0. The molecular formula is C24H31N3O2. The van der Waals surface area contributed by atoms with Gasteiger partial charge in [0.05, 0.1) is 6.54 Å². The van der Waals surface area contributed by atoms with Gasteiger partial charge in [-0.2, -0.15) is 0 Å². The largest absolute Gasteiger partial charge is 0.355 e. The summed E-state index contributed by atoms with van der Waals surface area (Å²) in [6, 6.07) is 15.8. The van der Waals surface area contributed by atoms with Crippen molar-refractivity contribution >= 4 is 17.5 Å². The zero-order valence-electron chi connectivity index (χ0n) is 17.4. The van der Waals surface area contributed by atoms with E-state index in [1.54, 1.807) is 31.3 Å². The molecule has 2 amide bonds. The standard InChI is InChI=1S/C24H31N3O2/c1-18-3-5-19(6-4-18)7-8-20-13-15-27(16-14-20)17-23(28)26-22-11-9-21(10-12-22)24(29)25-2/h3-6,9-12,20H,7-8,13-17H2,1-2H3,(H,25,29)(H,26,28). The molecule has 2 N–H and O–H groups in total. The number of hydrogen-bond acceptors (Lipinski definition) is 3. The quantitative estimate of drug-likeness (QED) is 0.755. The van der Waals surface area contributed by atoms with E-state index in [2.05, 4.69) is 46.7 Å². The van der Waals surface area contributed by atoms with Gasteiger partial charge in [0, 0.05) is 18.3 Å². The second-order valence-corrected chi connectivity index (χ2v) is 7.95. The molecule has 0 radical (unpaired) electrons. The number of amides is 2. The zero-order valence-corrected chi connectivity index (χ0v) is 17.4. The number of rotatable bonds is 7. The maximum absolute atomic E-state index is 12.3. The number of benzene rings is 2. The minimum absolute atomic E-state index is 0.00389. The molecule has 2 aromatic rings. The summed E-state index contributed by atoms with van der Waals surface area (Å²) in [6.45, 7) is 4.49. The van der Waals surface area contributed by atoms with E-state index < -0.39 is 0 Å². The molecule has 1 fully saturated rings. The second-order valence-electron chi connectivity index (χ2n) is 7.95. The highest BCUT2D eigenvalue weighted by Gasteiger charge is 2.20. The fourth-order valence-electron chi connectivity index (χ4n) is 3.81. The minimum Gasteiger partial charge on any atom is -0.355 e. The van der Waals surface area contributed by atoms with Crippen LogP contribution in [-0.2, 0) is 11.2 Å². The van der Waals surface area contributed by atoms with Gasteiger partial charge in [-0.05, 0) is 81.4 Å². The van der Waals surface area contributed by atoms with Crippen LogP contribution >= 0.6 is 0 Å². The molecule has 0 spiro atoms. The Hall–Kier alpha value is -2.66. The first-order valence-electron chi connectivity index (χ1n) is 10.4. The van der Waals surface area contributed by atoms with Crippen LogP contribution in [0, 0.1) is 12.8 Å². The molecule has 0 atom stereocenters. The number of anilines is 1. The normalized spacial score (nSPS) is 15.1. The highest BCUT2D eigenvalue weighted by Crippen LogP contribution is 2.22. The molecule has 0 bridgehead atoms. The van der Waals surface area contributed by atoms with Gasteiger partial charge in [0.2, 0.25) is 5.91 Å². The first kappa shape index (κ1) is 21.1. The van der Waals surface area contributed by atoms with Crippen molar-refractivity contribution in [2.45, 2.75) is 32.6 Å². The van der Waals surface area contributed by atoms with Crippen molar-refractivity contribution in [2.24, 2.45) is 5.92 Å². The van der Waals surface area contributed by atoms with E-state index in [1.165, 1.54) is 17.5 Å². The van der Waals surface area contributed by atoms with Crippen LogP contribution in [0.5, 0.6) is 0 Å². The third kappa shape index (κ3) is 6.43. The fraction of sp³-hybridized carbons (Fsp3) is 0.417. The summed E-state index contributed by atoms with van der Waals surface area (Å²) in [6.07, 6.45) is 4.66. The van der Waals surface area contributed by atoms with Crippen molar-refractivity contribution in [2.75, 3.05) is 32.0 Å². The Morgan fingerprint density at radius 2 is 1.66 bits per heavy atom. The van der Waals surface area contributed by atoms with Crippen molar-refractivity contribution in [3.05, 3.63) is 65.2 Å². The number of nitrogens with one attached hydrogen (secondary N) is 2. The summed E-state index contributed by atoms with van der Waals surface area (Å²) in [5, 5.41) is 5.51. The van der Waals surface area contributed by atoms with Crippen LogP contribution in [0.3, 0.4) is 0 Å². The van der Waals surface area contributed by atoms with E-state index >= 15 is 0 Å². The summed E-state index contributed by atoms with van der Waals surface area (Å²) in [5.74, 6) is 0.608. The number of piperidine rings is 1. The van der Waals surface area contributed by atoms with Gasteiger partial charge in [-0.1, -0.05) is 29.8 Å². The van der Waals surface area contributed by atoms with Crippen LogP contribution in [-0.4, -0.2) is 43.4 Å². The smallest absolute Gasteiger partial charge is 0.251 e. The lowest BCUT2D eigenvalue weighted by Crippen LogP contribution is -2.39. The minimum atomic E-state index is -0.131. The van der Waals surface area contributed by atoms with Crippen LogP contribution in [0.15, 0.2) is 48.5 Å². The van der Waals surface area contributed by atoms with Crippen LogP contribution in [0.25, 0.3) is 0 Å². The maximum atomic E-state index is 12.3. The van der Waals surface area contributed by atoms with Gasteiger partial charge in [0.15, 0.2) is 0 Å². The molecule has 0 aliphatic carbocycles. The number of hydrogen-bond donors (Lipinski definition) is 2. The lowest BCUT2D eigenvalue weighted by atomic mass is 9.90.